The van der Waals surface area contributed by atoms with Gasteiger partial charge in [0.1, 0.15) is 0 Å². The summed E-state index contributed by atoms with van der Waals surface area (Å²) in [6.45, 7) is 11.7. The van der Waals surface area contributed by atoms with Crippen molar-refractivity contribution in [1.29, 1.82) is 0 Å². The van der Waals surface area contributed by atoms with Gasteiger partial charge in [0.2, 0.25) is 11.8 Å². The highest BCUT2D eigenvalue weighted by Crippen LogP contribution is 2.26. The zero-order valence-corrected chi connectivity index (χ0v) is 20.9. The summed E-state index contributed by atoms with van der Waals surface area (Å²) in [5, 5.41) is 12.8. The standard InChI is InChI=1S/C25H43N5O2/c1-8-20(18-12-10-9-11-13-18)28-24(32)21-14-19(27-7)15-30(21)16-22(25(3,4)5)29-23(31)17(2)26-6/h9-13,17,19-22,26-27H,8,14-16H2,1-7H3,(H,28,32)(H,29,31)/t17-,19-,20+,21-,22?/m0/s1. The fourth-order valence-corrected chi connectivity index (χ4v) is 4.16. The molecule has 5 atom stereocenters. The molecule has 2 rings (SSSR count). The molecule has 32 heavy (non-hydrogen) atoms. The number of nitrogens with one attached hydrogen (secondary N) is 4. The molecule has 0 spiro atoms. The molecule has 1 unspecified atom stereocenters. The molecule has 1 aliphatic heterocycles. The van der Waals surface area contributed by atoms with Crippen molar-refractivity contribution in [2.75, 3.05) is 27.2 Å². The van der Waals surface area contributed by atoms with E-state index in [2.05, 4.69) is 66.0 Å². The van der Waals surface area contributed by atoms with Crippen LogP contribution in [0.2, 0.25) is 0 Å². The molecular formula is C25H43N5O2. The first kappa shape index (κ1) is 26.3. The number of nitrogens with zero attached hydrogens (tertiary/aromatic N) is 1. The normalized spacial score (nSPS) is 22.2. The number of amides is 2. The van der Waals surface area contributed by atoms with Crippen LogP contribution in [0.15, 0.2) is 30.3 Å². The van der Waals surface area contributed by atoms with Gasteiger partial charge in [0.05, 0.1) is 18.1 Å². The fraction of sp³-hybridized carbons (Fsp3) is 0.680. The Morgan fingerprint density at radius 3 is 2.31 bits per heavy atom. The monoisotopic (exact) mass is 445 g/mol. The number of hydrogen-bond donors (Lipinski definition) is 4. The van der Waals surface area contributed by atoms with Crippen LogP contribution in [0.1, 0.15) is 59.1 Å². The first-order chi connectivity index (χ1) is 15.1. The molecule has 7 nitrogen and oxygen atoms in total. The molecule has 0 aromatic heterocycles. The molecule has 1 fully saturated rings. The lowest BCUT2D eigenvalue weighted by molar-refractivity contribution is -0.126. The van der Waals surface area contributed by atoms with Crippen molar-refractivity contribution in [3.05, 3.63) is 35.9 Å². The van der Waals surface area contributed by atoms with Crippen molar-refractivity contribution >= 4 is 11.8 Å². The van der Waals surface area contributed by atoms with Crippen LogP contribution in [0, 0.1) is 5.41 Å². The lowest BCUT2D eigenvalue weighted by Gasteiger charge is -2.37. The molecule has 2 amide bonds. The van der Waals surface area contributed by atoms with Crippen molar-refractivity contribution in [2.24, 2.45) is 5.41 Å². The van der Waals surface area contributed by atoms with E-state index in [9.17, 15) is 9.59 Å². The van der Waals surface area contributed by atoms with Crippen LogP contribution in [0.5, 0.6) is 0 Å². The van der Waals surface area contributed by atoms with E-state index in [0.29, 0.717) is 6.54 Å². The molecule has 1 aliphatic rings. The Labute approximate surface area is 194 Å². The number of hydrogen-bond acceptors (Lipinski definition) is 5. The number of carbonyl (C=O) groups is 2. The minimum Gasteiger partial charge on any atom is -0.350 e. The van der Waals surface area contributed by atoms with Gasteiger partial charge < -0.3 is 21.3 Å². The van der Waals surface area contributed by atoms with Crippen LogP contribution in [-0.2, 0) is 9.59 Å². The van der Waals surface area contributed by atoms with Crippen molar-refractivity contribution in [3.8, 4) is 0 Å². The molecular weight excluding hydrogens is 402 g/mol. The topological polar surface area (TPSA) is 85.5 Å². The molecule has 0 bridgehead atoms. The number of likely N-dealkylation sites (N-methyl/N-ethyl adjacent to an activating group) is 2. The van der Waals surface area contributed by atoms with E-state index in [4.69, 9.17) is 0 Å². The maximum atomic E-state index is 13.4. The second-order valence-corrected chi connectivity index (χ2v) is 10.0. The second-order valence-electron chi connectivity index (χ2n) is 10.0. The third-order valence-electron chi connectivity index (χ3n) is 6.65. The number of benzene rings is 1. The van der Waals surface area contributed by atoms with Gasteiger partial charge in [0, 0.05) is 25.2 Å². The van der Waals surface area contributed by atoms with Crippen molar-refractivity contribution in [3.63, 3.8) is 0 Å². The van der Waals surface area contributed by atoms with E-state index >= 15 is 0 Å². The van der Waals surface area contributed by atoms with Crippen LogP contribution < -0.4 is 21.3 Å². The Hall–Kier alpha value is -1.96. The minimum atomic E-state index is -0.265. The molecule has 1 saturated heterocycles. The molecule has 1 heterocycles. The van der Waals surface area contributed by atoms with Crippen LogP contribution in [-0.4, -0.2) is 68.1 Å². The van der Waals surface area contributed by atoms with E-state index < -0.39 is 0 Å². The van der Waals surface area contributed by atoms with Gasteiger partial charge in [-0.05, 0) is 44.8 Å². The Bertz CT molecular complexity index is 734. The predicted molar refractivity (Wildman–Crippen MR) is 130 cm³/mol. The van der Waals surface area contributed by atoms with Gasteiger partial charge in [-0.15, -0.1) is 0 Å². The highest BCUT2D eigenvalue weighted by molar-refractivity contribution is 5.83. The van der Waals surface area contributed by atoms with Crippen LogP contribution >= 0.6 is 0 Å². The number of likely N-dealkylation sites (tertiary alicyclic amines) is 1. The Kier molecular flexibility index (Phi) is 9.67. The average molecular weight is 446 g/mol. The number of rotatable bonds is 10. The van der Waals surface area contributed by atoms with Crippen molar-refractivity contribution in [1.82, 2.24) is 26.2 Å². The first-order valence-corrected chi connectivity index (χ1v) is 11.8. The number of carbonyl (C=O) groups excluding carboxylic acids is 2. The first-order valence-electron chi connectivity index (χ1n) is 11.8. The summed E-state index contributed by atoms with van der Waals surface area (Å²) in [7, 11) is 3.73. The van der Waals surface area contributed by atoms with Gasteiger partial charge in [-0.1, -0.05) is 58.0 Å². The lowest BCUT2D eigenvalue weighted by atomic mass is 9.86. The zero-order valence-electron chi connectivity index (χ0n) is 20.9. The third-order valence-corrected chi connectivity index (χ3v) is 6.65. The molecule has 180 valence electrons. The summed E-state index contributed by atoms with van der Waals surface area (Å²) >= 11 is 0. The second kappa shape index (κ2) is 11.8. The highest BCUT2D eigenvalue weighted by atomic mass is 16.2. The summed E-state index contributed by atoms with van der Waals surface area (Å²) < 4.78 is 0. The predicted octanol–water partition coefficient (Wildman–Crippen LogP) is 2.06. The highest BCUT2D eigenvalue weighted by Gasteiger charge is 2.40. The van der Waals surface area contributed by atoms with Gasteiger partial charge in [-0.2, -0.15) is 0 Å². The Morgan fingerprint density at radius 2 is 1.78 bits per heavy atom. The van der Waals surface area contributed by atoms with Gasteiger partial charge in [0.25, 0.3) is 0 Å². The summed E-state index contributed by atoms with van der Waals surface area (Å²) in [5.41, 5.74) is 0.983. The SMILES string of the molecule is CC[C@@H](NC(=O)[C@@H]1C[C@H](NC)CN1CC(NC(=O)[C@H](C)NC)C(C)(C)C)c1ccccc1. The quantitative estimate of drug-likeness (QED) is 0.443. The molecule has 0 radical (unpaired) electrons. The van der Waals surface area contributed by atoms with Crippen LogP contribution in [0.25, 0.3) is 0 Å². The maximum absolute atomic E-state index is 13.4. The summed E-state index contributed by atoms with van der Waals surface area (Å²) in [6.07, 6.45) is 1.59. The smallest absolute Gasteiger partial charge is 0.237 e. The average Bonchev–Trinajstić information content (AvgIpc) is 3.19. The Balaban J connectivity index is 2.16. The molecule has 4 N–H and O–H groups in total. The third kappa shape index (κ3) is 7.02. The van der Waals surface area contributed by atoms with E-state index in [0.717, 1.165) is 24.9 Å². The molecule has 1 aromatic rings. The maximum Gasteiger partial charge on any atom is 0.237 e. The fourth-order valence-electron chi connectivity index (χ4n) is 4.16. The van der Waals surface area contributed by atoms with E-state index in [1.807, 2.05) is 32.2 Å². The van der Waals surface area contributed by atoms with E-state index in [1.165, 1.54) is 0 Å². The van der Waals surface area contributed by atoms with Gasteiger partial charge in [0.15, 0.2) is 0 Å². The molecule has 1 aromatic carbocycles. The zero-order chi connectivity index (χ0) is 23.9. The van der Waals surface area contributed by atoms with Gasteiger partial charge in [-0.3, -0.25) is 14.5 Å². The van der Waals surface area contributed by atoms with Gasteiger partial charge >= 0.3 is 0 Å². The van der Waals surface area contributed by atoms with Crippen LogP contribution in [0.4, 0.5) is 0 Å². The largest absolute Gasteiger partial charge is 0.350 e. The molecule has 0 saturated carbocycles. The minimum absolute atomic E-state index is 0.00576. The van der Waals surface area contributed by atoms with Crippen LogP contribution in [0.3, 0.4) is 0 Å². The summed E-state index contributed by atoms with van der Waals surface area (Å²) in [6, 6.07) is 9.79. The summed E-state index contributed by atoms with van der Waals surface area (Å²) in [4.78, 5) is 28.2. The lowest BCUT2D eigenvalue weighted by Crippen LogP contribution is -2.56. The van der Waals surface area contributed by atoms with Crippen molar-refractivity contribution < 1.29 is 9.59 Å². The Morgan fingerprint density at radius 1 is 1.12 bits per heavy atom. The van der Waals surface area contributed by atoms with Gasteiger partial charge in [-0.25, -0.2) is 0 Å². The molecule has 7 heteroatoms. The van der Waals surface area contributed by atoms with E-state index in [1.54, 1.807) is 7.05 Å². The summed E-state index contributed by atoms with van der Waals surface area (Å²) in [5.74, 6) is 0.0361. The van der Waals surface area contributed by atoms with E-state index in [-0.39, 0.29) is 47.4 Å². The van der Waals surface area contributed by atoms with Crippen molar-refractivity contribution in [2.45, 2.75) is 77.7 Å². The molecule has 0 aliphatic carbocycles.